The summed E-state index contributed by atoms with van der Waals surface area (Å²) in [6, 6.07) is 0. The zero-order chi connectivity index (χ0) is 49.9. The second-order valence-electron chi connectivity index (χ2n) is 13.9. The zero-order valence-corrected chi connectivity index (χ0v) is 36.1. The van der Waals surface area contributed by atoms with Crippen molar-refractivity contribution in [3.8, 4) is 0 Å². The van der Waals surface area contributed by atoms with Crippen molar-refractivity contribution in [2.24, 2.45) is 5.92 Å². The summed E-state index contributed by atoms with van der Waals surface area (Å²) in [7, 11) is 0. The van der Waals surface area contributed by atoms with Crippen LogP contribution in [0.25, 0.3) is 0 Å². The highest BCUT2D eigenvalue weighted by atomic mass is 16.6. The molecule has 0 aromatic carbocycles. The lowest BCUT2D eigenvalue weighted by Gasteiger charge is -2.19. The Hall–Kier alpha value is -5.42. The number of hydrogen-bond acceptors (Lipinski definition) is 27. The largest absolute Gasteiger partial charge is 0.462 e. The molecule has 0 amide bonds. The van der Waals surface area contributed by atoms with Crippen molar-refractivity contribution in [1.29, 1.82) is 0 Å². The number of aliphatic hydroxyl groups excluding tert-OH is 8. The third kappa shape index (κ3) is 30.7. The molecule has 66 heavy (non-hydrogen) atoms. The van der Waals surface area contributed by atoms with Crippen LogP contribution in [0.2, 0.25) is 0 Å². The minimum Gasteiger partial charge on any atom is -0.462 e. The summed E-state index contributed by atoms with van der Waals surface area (Å²) in [5.41, 5.74) is 0. The standard InChI is InChI=1S/C39H60O27/c40-12-24(13-41)11-25(48)1-2-31(49)58-20-29(21-59-32(50)3-6-35(53)62-26(14-42)15-43)65-38(56)9-10-39(57)66-30(22-60-33(51)4-7-36(54)63-27(16-44)17-45)23-61-34(52)5-8-37(55)64-28(18-46)19-47/h24,26-30,40-47H,1-23H2. The minimum absolute atomic E-state index is 0.222. The Balaban J connectivity index is 5.63. The predicted molar refractivity (Wildman–Crippen MR) is 209 cm³/mol. The third-order valence-corrected chi connectivity index (χ3v) is 8.21. The normalized spacial score (nSPS) is 11.5. The number of rotatable bonds is 38. The first-order valence-corrected chi connectivity index (χ1v) is 20.4. The maximum atomic E-state index is 12.8. The van der Waals surface area contributed by atoms with Gasteiger partial charge in [-0.3, -0.25) is 47.9 Å². The van der Waals surface area contributed by atoms with E-state index in [-0.39, 0.29) is 12.8 Å². The van der Waals surface area contributed by atoms with Gasteiger partial charge in [-0.15, -0.1) is 0 Å². The first-order valence-electron chi connectivity index (χ1n) is 20.4. The average Bonchev–Trinajstić information content (AvgIpc) is 3.31. The van der Waals surface area contributed by atoms with E-state index in [0.717, 1.165) is 0 Å². The fourth-order valence-corrected chi connectivity index (χ4v) is 4.55. The van der Waals surface area contributed by atoms with Gasteiger partial charge in [0.25, 0.3) is 0 Å². The van der Waals surface area contributed by atoms with Gasteiger partial charge < -0.3 is 83.5 Å². The summed E-state index contributed by atoms with van der Waals surface area (Å²) in [6.45, 7) is -8.15. The minimum atomic E-state index is -1.55. The fraction of sp³-hybridized carbons (Fsp3) is 0.744. The van der Waals surface area contributed by atoms with Crippen LogP contribution < -0.4 is 0 Å². The summed E-state index contributed by atoms with van der Waals surface area (Å²) >= 11 is 0. The number of aliphatic hydroxyl groups is 8. The molecule has 0 radical (unpaired) electrons. The number of esters is 9. The van der Waals surface area contributed by atoms with Crippen LogP contribution in [0.5, 0.6) is 0 Å². The molecule has 0 aromatic heterocycles. The number of ether oxygens (including phenoxy) is 9. The van der Waals surface area contributed by atoms with Crippen molar-refractivity contribution in [1.82, 2.24) is 0 Å². The molecule has 0 aliphatic carbocycles. The van der Waals surface area contributed by atoms with Gasteiger partial charge in [0.05, 0.1) is 97.4 Å². The highest BCUT2D eigenvalue weighted by Crippen LogP contribution is 2.11. The highest BCUT2D eigenvalue weighted by molar-refractivity contribution is 5.83. The topological polar surface area (TPSA) is 416 Å². The summed E-state index contributed by atoms with van der Waals surface area (Å²) in [5.74, 6) is -10.5. The van der Waals surface area contributed by atoms with Gasteiger partial charge in [-0.25, -0.2) is 0 Å². The molecule has 0 saturated heterocycles. The van der Waals surface area contributed by atoms with Gasteiger partial charge in [0.2, 0.25) is 0 Å². The van der Waals surface area contributed by atoms with Gasteiger partial charge in [-0.1, -0.05) is 0 Å². The molecule has 0 bridgehead atoms. The van der Waals surface area contributed by atoms with Gasteiger partial charge in [0.1, 0.15) is 50.5 Å². The Morgan fingerprint density at radius 3 is 0.712 bits per heavy atom. The van der Waals surface area contributed by atoms with Crippen molar-refractivity contribution in [3.63, 3.8) is 0 Å². The van der Waals surface area contributed by atoms with Crippen LogP contribution in [0.15, 0.2) is 0 Å². The number of ketones is 1. The molecule has 8 N–H and O–H groups in total. The monoisotopic (exact) mass is 960 g/mol. The van der Waals surface area contributed by atoms with Crippen molar-refractivity contribution in [3.05, 3.63) is 0 Å². The smallest absolute Gasteiger partial charge is 0.306 e. The second kappa shape index (κ2) is 36.8. The molecule has 0 aliphatic heterocycles. The Bertz CT molecular complexity index is 1300. The van der Waals surface area contributed by atoms with Crippen LogP contribution in [0.3, 0.4) is 0 Å². The Kier molecular flexibility index (Phi) is 33.7. The Morgan fingerprint density at radius 2 is 0.485 bits per heavy atom. The van der Waals surface area contributed by atoms with Crippen molar-refractivity contribution in [2.75, 3.05) is 79.3 Å². The molecule has 1 unspecified atom stereocenters. The zero-order valence-electron chi connectivity index (χ0n) is 36.1. The summed E-state index contributed by atoms with van der Waals surface area (Å²) in [4.78, 5) is 123. The van der Waals surface area contributed by atoms with E-state index in [4.69, 9.17) is 83.5 Å². The Morgan fingerprint density at radius 1 is 0.273 bits per heavy atom. The molecule has 0 aliphatic rings. The van der Waals surface area contributed by atoms with E-state index in [1.54, 1.807) is 0 Å². The lowest BCUT2D eigenvalue weighted by Crippen LogP contribution is -2.32. The van der Waals surface area contributed by atoms with E-state index >= 15 is 0 Å². The van der Waals surface area contributed by atoms with E-state index in [1.165, 1.54) is 0 Å². The molecule has 1 atom stereocenters. The molecule has 0 aromatic rings. The van der Waals surface area contributed by atoms with E-state index in [0.29, 0.717) is 0 Å². The Labute approximate surface area is 377 Å². The van der Waals surface area contributed by atoms with E-state index < -0.39 is 233 Å². The maximum absolute atomic E-state index is 12.8. The molecule has 0 fully saturated rings. The first kappa shape index (κ1) is 60.6. The van der Waals surface area contributed by atoms with E-state index in [1.807, 2.05) is 0 Å². The summed E-state index contributed by atoms with van der Waals surface area (Å²) < 4.78 is 44.7. The first-order chi connectivity index (χ1) is 31.4. The highest BCUT2D eigenvalue weighted by Gasteiger charge is 2.25. The third-order valence-electron chi connectivity index (χ3n) is 8.21. The van der Waals surface area contributed by atoms with Gasteiger partial charge in [-0.05, 0) is 0 Å². The number of carbonyl (C=O) groups is 10. The van der Waals surface area contributed by atoms with Gasteiger partial charge >= 0.3 is 53.7 Å². The molecular formula is C39H60O27. The van der Waals surface area contributed by atoms with Crippen LogP contribution in [-0.2, 0) is 90.6 Å². The van der Waals surface area contributed by atoms with E-state index in [9.17, 15) is 47.9 Å². The average molecular weight is 961 g/mol. The molecule has 0 spiro atoms. The van der Waals surface area contributed by atoms with Crippen LogP contribution in [-0.4, -0.2) is 210 Å². The molecule has 27 heteroatoms. The maximum Gasteiger partial charge on any atom is 0.306 e. The summed E-state index contributed by atoms with van der Waals surface area (Å²) in [5, 5.41) is 72.5. The lowest BCUT2D eigenvalue weighted by atomic mass is 10.0. The fourth-order valence-electron chi connectivity index (χ4n) is 4.55. The predicted octanol–water partition coefficient (Wildman–Crippen LogP) is -4.87. The van der Waals surface area contributed by atoms with Crippen molar-refractivity contribution < 1.29 is 131 Å². The van der Waals surface area contributed by atoms with Gasteiger partial charge in [0.15, 0.2) is 12.2 Å². The van der Waals surface area contributed by atoms with Crippen LogP contribution in [0.1, 0.15) is 70.6 Å². The van der Waals surface area contributed by atoms with Crippen LogP contribution in [0, 0.1) is 5.92 Å². The molecule has 378 valence electrons. The lowest BCUT2D eigenvalue weighted by molar-refractivity contribution is -0.171. The number of carbonyl (C=O) groups excluding carboxylic acids is 10. The molecule has 0 saturated carbocycles. The van der Waals surface area contributed by atoms with Crippen LogP contribution in [0.4, 0.5) is 0 Å². The van der Waals surface area contributed by atoms with Crippen LogP contribution >= 0.6 is 0 Å². The molecular weight excluding hydrogens is 900 g/mol. The van der Waals surface area contributed by atoms with Crippen molar-refractivity contribution >= 4 is 59.5 Å². The van der Waals surface area contributed by atoms with Gasteiger partial charge in [0, 0.05) is 32.0 Å². The number of Topliss-reactive ketones (excluding diaryl/α,β-unsaturated/α-hetero) is 1. The van der Waals surface area contributed by atoms with E-state index in [2.05, 4.69) is 0 Å². The summed E-state index contributed by atoms with van der Waals surface area (Å²) in [6.07, 6.45) is -12.7. The molecule has 0 heterocycles. The SMILES string of the molecule is O=C(CCC(=O)OCC(COC(=O)CCC(=O)OC(CO)CO)OC(=O)CCC(=O)OC(COC(=O)CCC(=O)OC(CO)CO)COC(=O)CCC(=O)OC(CO)CO)CC(CO)CO. The quantitative estimate of drug-likeness (QED) is 0.0212. The second-order valence-corrected chi connectivity index (χ2v) is 13.9. The number of hydrogen-bond donors (Lipinski definition) is 8. The molecule has 0 rings (SSSR count). The molecule has 27 nitrogen and oxygen atoms in total. The van der Waals surface area contributed by atoms with Crippen molar-refractivity contribution in [2.45, 2.75) is 101 Å². The van der Waals surface area contributed by atoms with Gasteiger partial charge in [-0.2, -0.15) is 0 Å².